The van der Waals surface area contributed by atoms with Crippen LogP contribution in [0.3, 0.4) is 0 Å². The zero-order valence-electron chi connectivity index (χ0n) is 9.26. The minimum atomic E-state index is -0.513. The quantitative estimate of drug-likeness (QED) is 0.242. The number of hydrazine groups is 1. The highest BCUT2D eigenvalue weighted by atomic mass is 16.5. The summed E-state index contributed by atoms with van der Waals surface area (Å²) in [7, 11) is 0. The summed E-state index contributed by atoms with van der Waals surface area (Å²) in [5.41, 5.74) is 1.03. The molecule has 5 nitrogen and oxygen atoms in total. The predicted molar refractivity (Wildman–Crippen MR) is 59.3 cm³/mol. The first-order chi connectivity index (χ1) is 7.54. The lowest BCUT2D eigenvalue weighted by Crippen LogP contribution is -2.34. The van der Waals surface area contributed by atoms with E-state index in [0.717, 1.165) is 18.4 Å². The number of carbonyl (C=O) groups is 1. The molecule has 0 aromatic heterocycles. The second-order valence-electron chi connectivity index (χ2n) is 3.91. The first-order valence-corrected chi connectivity index (χ1v) is 5.25. The molecule has 1 saturated heterocycles. The standard InChI is InChI=1S/C11H18N2O3/c1-3-4-10-8(2)7-9(16-10)5-6-11(14)13(12)15/h3,9-10,15H,1-2,4-7,12H2/t9?,10-/m0/s1. The van der Waals surface area contributed by atoms with E-state index in [1.54, 1.807) is 6.08 Å². The van der Waals surface area contributed by atoms with Crippen molar-refractivity contribution in [1.29, 1.82) is 0 Å². The fraction of sp³-hybridized carbons (Fsp3) is 0.545. The molecule has 0 saturated carbocycles. The molecule has 1 rings (SSSR count). The molecule has 1 aliphatic heterocycles. The summed E-state index contributed by atoms with van der Waals surface area (Å²) in [6.45, 7) is 7.57. The second-order valence-corrected chi connectivity index (χ2v) is 3.91. The van der Waals surface area contributed by atoms with E-state index in [9.17, 15) is 4.79 Å². The number of carbonyl (C=O) groups excluding carboxylic acids is 1. The average Bonchev–Trinajstić information content (AvgIpc) is 2.57. The van der Waals surface area contributed by atoms with Gasteiger partial charge in [0.05, 0.1) is 12.2 Å². The minimum Gasteiger partial charge on any atom is -0.370 e. The summed E-state index contributed by atoms with van der Waals surface area (Å²) in [5, 5.41) is 8.79. The van der Waals surface area contributed by atoms with E-state index in [0.29, 0.717) is 6.42 Å². The van der Waals surface area contributed by atoms with Gasteiger partial charge in [-0.3, -0.25) is 10.0 Å². The number of hydrogen-bond acceptors (Lipinski definition) is 4. The van der Waals surface area contributed by atoms with Gasteiger partial charge in [-0.25, -0.2) is 5.84 Å². The first-order valence-electron chi connectivity index (χ1n) is 5.25. The molecule has 3 N–H and O–H groups in total. The number of nitrogens with two attached hydrogens (primary N) is 1. The zero-order valence-corrected chi connectivity index (χ0v) is 9.26. The fourth-order valence-electron chi connectivity index (χ4n) is 1.74. The van der Waals surface area contributed by atoms with E-state index >= 15 is 0 Å². The molecular weight excluding hydrogens is 208 g/mol. The summed E-state index contributed by atoms with van der Waals surface area (Å²) in [5.74, 6) is 4.38. The van der Waals surface area contributed by atoms with Crippen molar-refractivity contribution in [3.05, 3.63) is 24.8 Å². The molecule has 1 unspecified atom stereocenters. The second kappa shape index (κ2) is 5.79. The lowest BCUT2D eigenvalue weighted by molar-refractivity contribution is -0.167. The lowest BCUT2D eigenvalue weighted by atomic mass is 10.0. The highest BCUT2D eigenvalue weighted by Crippen LogP contribution is 2.29. The molecular formula is C11H18N2O3. The van der Waals surface area contributed by atoms with Crippen LogP contribution in [0.1, 0.15) is 25.7 Å². The molecule has 1 fully saturated rings. The highest BCUT2D eigenvalue weighted by Gasteiger charge is 2.28. The summed E-state index contributed by atoms with van der Waals surface area (Å²) in [6, 6.07) is 0. The van der Waals surface area contributed by atoms with E-state index in [4.69, 9.17) is 15.8 Å². The van der Waals surface area contributed by atoms with Gasteiger partial charge in [-0.05, 0) is 24.8 Å². The summed E-state index contributed by atoms with van der Waals surface area (Å²) >= 11 is 0. The molecule has 5 heteroatoms. The van der Waals surface area contributed by atoms with Gasteiger partial charge in [0.15, 0.2) is 0 Å². The van der Waals surface area contributed by atoms with Gasteiger partial charge in [0.2, 0.25) is 0 Å². The monoisotopic (exact) mass is 226 g/mol. The molecule has 2 atom stereocenters. The van der Waals surface area contributed by atoms with Crippen LogP contribution in [0.25, 0.3) is 0 Å². The van der Waals surface area contributed by atoms with Crippen LogP contribution in [0.2, 0.25) is 0 Å². The van der Waals surface area contributed by atoms with Crippen LogP contribution in [0.15, 0.2) is 24.8 Å². The number of hydrogen-bond donors (Lipinski definition) is 2. The van der Waals surface area contributed by atoms with Crippen molar-refractivity contribution in [3.63, 3.8) is 0 Å². The van der Waals surface area contributed by atoms with Crippen LogP contribution >= 0.6 is 0 Å². The number of hydroxylamine groups is 1. The van der Waals surface area contributed by atoms with Crippen molar-refractivity contribution in [2.45, 2.75) is 37.9 Å². The number of amides is 1. The Morgan fingerprint density at radius 1 is 1.75 bits per heavy atom. The maximum atomic E-state index is 11.0. The molecule has 0 aromatic carbocycles. The Kier molecular flexibility index (Phi) is 4.67. The van der Waals surface area contributed by atoms with Crippen LogP contribution < -0.4 is 5.84 Å². The third-order valence-electron chi connectivity index (χ3n) is 2.62. The van der Waals surface area contributed by atoms with Gasteiger partial charge in [0.25, 0.3) is 5.91 Å². The van der Waals surface area contributed by atoms with Crippen LogP contribution in [0.4, 0.5) is 0 Å². The van der Waals surface area contributed by atoms with E-state index in [1.807, 2.05) is 0 Å². The molecule has 1 heterocycles. The first kappa shape index (κ1) is 12.9. The van der Waals surface area contributed by atoms with Gasteiger partial charge in [-0.2, -0.15) is 5.17 Å². The van der Waals surface area contributed by atoms with Crippen LogP contribution in [0, 0.1) is 0 Å². The van der Waals surface area contributed by atoms with Crippen molar-refractivity contribution < 1.29 is 14.7 Å². The average molecular weight is 226 g/mol. The predicted octanol–water partition coefficient (Wildman–Crippen LogP) is 1.15. The van der Waals surface area contributed by atoms with Gasteiger partial charge >= 0.3 is 0 Å². The van der Waals surface area contributed by atoms with Crippen LogP contribution in [-0.2, 0) is 9.53 Å². The van der Waals surface area contributed by atoms with Crippen molar-refractivity contribution in [1.82, 2.24) is 5.17 Å². The molecule has 1 aliphatic rings. The fourth-order valence-corrected chi connectivity index (χ4v) is 1.74. The Labute approximate surface area is 95.1 Å². The molecule has 0 aliphatic carbocycles. The Hall–Kier alpha value is -1.17. The van der Waals surface area contributed by atoms with Gasteiger partial charge in [0.1, 0.15) is 0 Å². The van der Waals surface area contributed by atoms with Crippen molar-refractivity contribution in [3.8, 4) is 0 Å². The van der Waals surface area contributed by atoms with E-state index < -0.39 is 5.91 Å². The van der Waals surface area contributed by atoms with Crippen LogP contribution in [-0.4, -0.2) is 28.5 Å². The van der Waals surface area contributed by atoms with E-state index in [1.165, 1.54) is 0 Å². The van der Waals surface area contributed by atoms with Gasteiger partial charge < -0.3 is 4.74 Å². The maximum Gasteiger partial charge on any atom is 0.261 e. The minimum absolute atomic E-state index is 0.0126. The molecule has 0 radical (unpaired) electrons. The number of nitrogens with zero attached hydrogens (tertiary/aromatic N) is 1. The van der Waals surface area contributed by atoms with Crippen molar-refractivity contribution in [2.75, 3.05) is 0 Å². The topological polar surface area (TPSA) is 75.8 Å². The highest BCUT2D eigenvalue weighted by molar-refractivity contribution is 5.74. The molecule has 90 valence electrons. The molecule has 16 heavy (non-hydrogen) atoms. The van der Waals surface area contributed by atoms with E-state index in [2.05, 4.69) is 13.2 Å². The molecule has 0 aromatic rings. The third-order valence-corrected chi connectivity index (χ3v) is 2.62. The Bertz CT molecular complexity index is 289. The Morgan fingerprint density at radius 3 is 3.00 bits per heavy atom. The Morgan fingerprint density at radius 2 is 2.44 bits per heavy atom. The SMILES string of the molecule is C=CC[C@@H]1OC(CCC(=O)N(N)O)CC1=C. The smallest absolute Gasteiger partial charge is 0.261 e. The van der Waals surface area contributed by atoms with Gasteiger partial charge in [-0.15, -0.1) is 6.58 Å². The number of ether oxygens (including phenoxy) is 1. The van der Waals surface area contributed by atoms with Crippen molar-refractivity contribution in [2.24, 2.45) is 5.84 Å². The van der Waals surface area contributed by atoms with Gasteiger partial charge in [-0.1, -0.05) is 12.7 Å². The largest absolute Gasteiger partial charge is 0.370 e. The maximum absolute atomic E-state index is 11.0. The van der Waals surface area contributed by atoms with Crippen LogP contribution in [0.5, 0.6) is 0 Å². The molecule has 0 bridgehead atoms. The third kappa shape index (κ3) is 3.44. The van der Waals surface area contributed by atoms with E-state index in [-0.39, 0.29) is 23.8 Å². The summed E-state index contributed by atoms with van der Waals surface area (Å²) < 4.78 is 5.68. The summed E-state index contributed by atoms with van der Waals surface area (Å²) in [4.78, 5) is 11.0. The normalized spacial score (nSPS) is 24.5. The molecule has 1 amide bonds. The molecule has 0 spiro atoms. The zero-order chi connectivity index (χ0) is 12.1. The Balaban J connectivity index is 2.33. The lowest BCUT2D eigenvalue weighted by Gasteiger charge is -2.12. The van der Waals surface area contributed by atoms with Gasteiger partial charge in [0, 0.05) is 6.42 Å². The van der Waals surface area contributed by atoms with Crippen molar-refractivity contribution >= 4 is 5.91 Å². The summed E-state index contributed by atoms with van der Waals surface area (Å²) in [6.07, 6.45) is 4.00. The number of rotatable bonds is 5.